The van der Waals surface area contributed by atoms with E-state index < -0.39 is 0 Å². The van der Waals surface area contributed by atoms with E-state index in [0.29, 0.717) is 5.92 Å². The van der Waals surface area contributed by atoms with Gasteiger partial charge in [-0.2, -0.15) is 0 Å². The molecule has 0 aromatic carbocycles. The molecule has 2 aliphatic rings. The van der Waals surface area contributed by atoms with Gasteiger partial charge in [-0.25, -0.2) is 0 Å². The summed E-state index contributed by atoms with van der Waals surface area (Å²) in [6.07, 6.45) is 4.18. The second-order valence-electron chi connectivity index (χ2n) is 7.40. The van der Waals surface area contributed by atoms with Gasteiger partial charge in [-0.3, -0.25) is 9.89 Å². The SMILES string of the molecule is CCCN1CCC(CN=C(NCC)N2CCN(Cc3ccon3)CC2)C1.I. The predicted octanol–water partition coefficient (Wildman–Crippen LogP) is 2.11. The summed E-state index contributed by atoms with van der Waals surface area (Å²) >= 11 is 0. The van der Waals surface area contributed by atoms with Crippen molar-refractivity contribution in [3.05, 3.63) is 18.0 Å². The van der Waals surface area contributed by atoms with Crippen molar-refractivity contribution in [3.63, 3.8) is 0 Å². The van der Waals surface area contributed by atoms with Crippen LogP contribution in [0.15, 0.2) is 21.8 Å². The van der Waals surface area contributed by atoms with Crippen LogP contribution < -0.4 is 5.32 Å². The molecule has 3 heterocycles. The Kier molecular flexibility index (Phi) is 9.84. The second kappa shape index (κ2) is 11.9. The smallest absolute Gasteiger partial charge is 0.194 e. The first-order valence-electron chi connectivity index (χ1n) is 10.2. The van der Waals surface area contributed by atoms with Crippen LogP contribution >= 0.6 is 24.0 Å². The summed E-state index contributed by atoms with van der Waals surface area (Å²) in [6, 6.07) is 1.95. The van der Waals surface area contributed by atoms with Gasteiger partial charge in [0.1, 0.15) is 6.26 Å². The molecule has 7 nitrogen and oxygen atoms in total. The van der Waals surface area contributed by atoms with Crippen molar-refractivity contribution in [3.8, 4) is 0 Å². The standard InChI is InChI=1S/C19H34N6O.HI/c1-3-7-23-8-5-17(15-23)14-21-19(20-4-2)25-11-9-24(10-12-25)16-18-6-13-26-22-18;/h6,13,17H,3-5,7-12,14-16H2,1-2H3,(H,20,21);1H. The minimum Gasteiger partial charge on any atom is -0.364 e. The molecule has 154 valence electrons. The molecule has 2 saturated heterocycles. The molecule has 2 fully saturated rings. The summed E-state index contributed by atoms with van der Waals surface area (Å²) in [5.74, 6) is 1.80. The van der Waals surface area contributed by atoms with E-state index in [1.807, 2.05) is 6.07 Å². The fourth-order valence-electron chi connectivity index (χ4n) is 3.89. The largest absolute Gasteiger partial charge is 0.364 e. The molecule has 8 heteroatoms. The number of rotatable bonds is 7. The molecule has 0 amide bonds. The molecule has 1 aromatic heterocycles. The predicted molar refractivity (Wildman–Crippen MR) is 120 cm³/mol. The van der Waals surface area contributed by atoms with Gasteiger partial charge in [0, 0.05) is 58.4 Å². The molecule has 0 radical (unpaired) electrons. The summed E-state index contributed by atoms with van der Waals surface area (Å²) in [6.45, 7) is 14.9. The first-order valence-corrected chi connectivity index (χ1v) is 10.2. The first kappa shape index (κ1) is 22.4. The first-order chi connectivity index (χ1) is 12.8. The van der Waals surface area contributed by atoms with Crippen LogP contribution in [0.4, 0.5) is 0 Å². The third-order valence-corrected chi connectivity index (χ3v) is 5.29. The molecule has 3 rings (SSSR count). The van der Waals surface area contributed by atoms with Crippen molar-refractivity contribution in [2.24, 2.45) is 10.9 Å². The molecule has 1 N–H and O–H groups in total. The van der Waals surface area contributed by atoms with E-state index >= 15 is 0 Å². The van der Waals surface area contributed by atoms with Crippen LogP contribution in [0, 0.1) is 5.92 Å². The van der Waals surface area contributed by atoms with Gasteiger partial charge in [0.15, 0.2) is 5.96 Å². The van der Waals surface area contributed by atoms with Gasteiger partial charge in [0.05, 0.1) is 5.69 Å². The van der Waals surface area contributed by atoms with Gasteiger partial charge in [0.25, 0.3) is 0 Å². The van der Waals surface area contributed by atoms with Crippen molar-refractivity contribution >= 4 is 29.9 Å². The van der Waals surface area contributed by atoms with Crippen LogP contribution in [-0.4, -0.2) is 84.7 Å². The molecule has 1 aromatic rings. The fraction of sp³-hybridized carbons (Fsp3) is 0.789. The highest BCUT2D eigenvalue weighted by Gasteiger charge is 2.23. The zero-order valence-corrected chi connectivity index (χ0v) is 19.1. The highest BCUT2D eigenvalue weighted by atomic mass is 127. The average Bonchev–Trinajstić information content (AvgIpc) is 3.32. The average molecular weight is 490 g/mol. The maximum absolute atomic E-state index is 4.97. The Morgan fingerprint density at radius 3 is 2.70 bits per heavy atom. The molecule has 1 atom stereocenters. The highest BCUT2D eigenvalue weighted by molar-refractivity contribution is 14.0. The van der Waals surface area contributed by atoms with Gasteiger partial charge >= 0.3 is 0 Å². The lowest BCUT2D eigenvalue weighted by Gasteiger charge is -2.36. The number of aromatic nitrogens is 1. The zero-order valence-electron chi connectivity index (χ0n) is 16.8. The topological polar surface area (TPSA) is 60.1 Å². The molecule has 0 saturated carbocycles. The maximum Gasteiger partial charge on any atom is 0.194 e. The normalized spacial score (nSPS) is 22.1. The summed E-state index contributed by atoms with van der Waals surface area (Å²) in [7, 11) is 0. The Labute approximate surface area is 180 Å². The van der Waals surface area contributed by atoms with E-state index in [1.54, 1.807) is 6.26 Å². The van der Waals surface area contributed by atoms with E-state index in [0.717, 1.165) is 57.5 Å². The van der Waals surface area contributed by atoms with Gasteiger partial charge in [-0.1, -0.05) is 12.1 Å². The summed E-state index contributed by atoms with van der Waals surface area (Å²) in [5.41, 5.74) is 1.01. The van der Waals surface area contributed by atoms with Crippen molar-refractivity contribution in [1.29, 1.82) is 0 Å². The number of likely N-dealkylation sites (tertiary alicyclic amines) is 1. The van der Waals surface area contributed by atoms with Crippen molar-refractivity contribution in [1.82, 2.24) is 25.2 Å². The van der Waals surface area contributed by atoms with Gasteiger partial charge in [-0.15, -0.1) is 24.0 Å². The van der Waals surface area contributed by atoms with E-state index in [9.17, 15) is 0 Å². The Bertz CT molecular complexity index is 544. The number of guanidine groups is 1. The molecule has 0 spiro atoms. The molecular weight excluding hydrogens is 455 g/mol. The lowest BCUT2D eigenvalue weighted by molar-refractivity contribution is 0.169. The molecule has 1 unspecified atom stereocenters. The van der Waals surface area contributed by atoms with Crippen LogP contribution in [0.2, 0.25) is 0 Å². The van der Waals surface area contributed by atoms with Crippen LogP contribution in [0.25, 0.3) is 0 Å². The molecule has 0 bridgehead atoms. The Hall–Kier alpha value is -0.870. The zero-order chi connectivity index (χ0) is 18.2. The van der Waals surface area contributed by atoms with E-state index in [2.05, 4.69) is 39.0 Å². The van der Waals surface area contributed by atoms with E-state index in [4.69, 9.17) is 9.52 Å². The minimum atomic E-state index is 0. The monoisotopic (exact) mass is 490 g/mol. The van der Waals surface area contributed by atoms with Crippen LogP contribution in [0.1, 0.15) is 32.4 Å². The molecular formula is C19H35IN6O. The van der Waals surface area contributed by atoms with E-state index in [1.165, 1.54) is 32.5 Å². The van der Waals surface area contributed by atoms with Gasteiger partial charge < -0.3 is 19.6 Å². The number of nitrogens with zero attached hydrogens (tertiary/aromatic N) is 5. The highest BCUT2D eigenvalue weighted by Crippen LogP contribution is 2.17. The Balaban J connectivity index is 0.00000261. The summed E-state index contributed by atoms with van der Waals surface area (Å²) < 4.78 is 4.93. The van der Waals surface area contributed by atoms with E-state index in [-0.39, 0.29) is 24.0 Å². The lowest BCUT2D eigenvalue weighted by Crippen LogP contribution is -2.52. The maximum atomic E-state index is 4.97. The summed E-state index contributed by atoms with van der Waals surface area (Å²) in [5, 5.41) is 7.51. The number of halogens is 1. The van der Waals surface area contributed by atoms with Gasteiger partial charge in [-0.05, 0) is 38.8 Å². The summed E-state index contributed by atoms with van der Waals surface area (Å²) in [4.78, 5) is 12.4. The minimum absolute atomic E-state index is 0. The molecule has 27 heavy (non-hydrogen) atoms. The third-order valence-electron chi connectivity index (χ3n) is 5.29. The molecule has 0 aliphatic carbocycles. The van der Waals surface area contributed by atoms with Crippen LogP contribution in [0.5, 0.6) is 0 Å². The van der Waals surface area contributed by atoms with Crippen LogP contribution in [-0.2, 0) is 6.54 Å². The molecule has 2 aliphatic heterocycles. The lowest BCUT2D eigenvalue weighted by atomic mass is 10.1. The van der Waals surface area contributed by atoms with Crippen molar-refractivity contribution in [2.75, 3.05) is 58.9 Å². The Morgan fingerprint density at radius 2 is 2.04 bits per heavy atom. The number of hydrogen-bond donors (Lipinski definition) is 1. The van der Waals surface area contributed by atoms with Crippen LogP contribution in [0.3, 0.4) is 0 Å². The third kappa shape index (κ3) is 6.90. The van der Waals surface area contributed by atoms with Gasteiger partial charge in [0.2, 0.25) is 0 Å². The number of hydrogen-bond acceptors (Lipinski definition) is 5. The number of piperazine rings is 1. The quantitative estimate of drug-likeness (QED) is 0.359. The van der Waals surface area contributed by atoms with Crippen molar-refractivity contribution < 1.29 is 4.52 Å². The second-order valence-corrected chi connectivity index (χ2v) is 7.40. The number of aliphatic imine (C=N–C) groups is 1. The van der Waals surface area contributed by atoms with Crippen molar-refractivity contribution in [2.45, 2.75) is 33.2 Å². The Morgan fingerprint density at radius 1 is 1.22 bits per heavy atom. The number of nitrogens with one attached hydrogen (secondary N) is 1. The fourth-order valence-corrected chi connectivity index (χ4v) is 3.89.